The van der Waals surface area contributed by atoms with Gasteiger partial charge in [-0.05, 0) is 36.8 Å². The van der Waals surface area contributed by atoms with Crippen LogP contribution in [0.4, 0.5) is 25.4 Å². The minimum absolute atomic E-state index is 0.212. The van der Waals surface area contributed by atoms with Gasteiger partial charge in [0, 0.05) is 26.2 Å². The molecule has 176 valence electrons. The molecule has 32 heavy (non-hydrogen) atoms. The van der Waals surface area contributed by atoms with E-state index in [0.29, 0.717) is 50.7 Å². The van der Waals surface area contributed by atoms with E-state index in [2.05, 4.69) is 5.32 Å². The minimum atomic E-state index is -0.539. The summed E-state index contributed by atoms with van der Waals surface area (Å²) >= 11 is 4.91. The Morgan fingerprint density at radius 1 is 1.31 bits per heavy atom. The average Bonchev–Trinajstić information content (AvgIpc) is 3.18. The highest BCUT2D eigenvalue weighted by Crippen LogP contribution is 2.28. The maximum atomic E-state index is 14.9. The third kappa shape index (κ3) is 5.90. The molecule has 11 heteroatoms. The fourth-order valence-corrected chi connectivity index (χ4v) is 3.64. The normalized spacial score (nSPS) is 18.4. The summed E-state index contributed by atoms with van der Waals surface area (Å²) in [6.07, 6.45) is 0.513. The van der Waals surface area contributed by atoms with E-state index in [-0.39, 0.29) is 17.8 Å². The molecule has 3 rings (SSSR count). The quantitative estimate of drug-likeness (QED) is 0.483. The highest BCUT2D eigenvalue weighted by atomic mass is 32.1. The van der Waals surface area contributed by atoms with Gasteiger partial charge in [-0.25, -0.2) is 14.0 Å². The molecule has 0 bridgehead atoms. The molecule has 0 aromatic heterocycles. The molecule has 1 unspecified atom stereocenters. The number of piperazine rings is 1. The van der Waals surface area contributed by atoms with E-state index in [1.165, 1.54) is 18.1 Å². The predicted octanol–water partition coefficient (Wildman–Crippen LogP) is 2.73. The van der Waals surface area contributed by atoms with Gasteiger partial charge in [0.15, 0.2) is 0 Å². The van der Waals surface area contributed by atoms with Crippen LogP contribution in [0.2, 0.25) is 0 Å². The summed E-state index contributed by atoms with van der Waals surface area (Å²) in [5.74, 6) is -0.434. The molecule has 0 spiro atoms. The highest BCUT2D eigenvalue weighted by Gasteiger charge is 2.33. The molecular formula is C21H29FN4O5S. The number of nitrogens with zero attached hydrogens (tertiary/aromatic N) is 3. The Morgan fingerprint density at radius 3 is 2.72 bits per heavy atom. The van der Waals surface area contributed by atoms with E-state index in [9.17, 15) is 14.0 Å². The second-order valence-corrected chi connectivity index (χ2v) is 7.94. The van der Waals surface area contributed by atoms with Crippen LogP contribution < -0.4 is 15.1 Å². The highest BCUT2D eigenvalue weighted by molar-refractivity contribution is 7.80. The maximum Gasteiger partial charge on any atom is 0.414 e. The van der Waals surface area contributed by atoms with Crippen molar-refractivity contribution in [1.29, 1.82) is 0 Å². The lowest BCUT2D eigenvalue weighted by atomic mass is 10.2. The number of hydrogen-bond donors (Lipinski definition) is 1. The number of rotatable bonds is 7. The fraction of sp³-hybridized carbons (Fsp3) is 0.571. The Kier molecular flexibility index (Phi) is 8.32. The van der Waals surface area contributed by atoms with Crippen LogP contribution in [0.25, 0.3) is 0 Å². The summed E-state index contributed by atoms with van der Waals surface area (Å²) in [6, 6.07) is 4.68. The number of halogens is 1. The summed E-state index contributed by atoms with van der Waals surface area (Å²) in [4.78, 5) is 29.2. The van der Waals surface area contributed by atoms with Crippen molar-refractivity contribution < 1.29 is 28.2 Å². The molecule has 0 radical (unpaired) electrons. The van der Waals surface area contributed by atoms with E-state index in [1.54, 1.807) is 17.0 Å². The number of thiocarbonyl (C=S) groups is 1. The van der Waals surface area contributed by atoms with Gasteiger partial charge >= 0.3 is 12.2 Å². The Bertz CT molecular complexity index is 834. The standard InChI is InChI=1S/C21H29FN4O5S/c1-3-4-11-30-20(27)25-9-7-24(8-10-25)18-6-5-15(12-17(18)22)26-14-16(31-21(26)28)13-23-19(32)29-2/h5-6,12,16H,3-4,7-11,13-14H2,1-2H3,(H,23,32). The number of hydrogen-bond acceptors (Lipinski definition) is 7. The van der Waals surface area contributed by atoms with Crippen molar-refractivity contribution in [2.45, 2.75) is 25.9 Å². The zero-order chi connectivity index (χ0) is 23.1. The summed E-state index contributed by atoms with van der Waals surface area (Å²) in [5, 5.41) is 3.06. The Hall–Kier alpha value is -2.82. The molecule has 2 heterocycles. The molecule has 2 amide bonds. The first-order valence-corrected chi connectivity index (χ1v) is 11.1. The van der Waals surface area contributed by atoms with E-state index < -0.39 is 18.0 Å². The van der Waals surface area contributed by atoms with Crippen LogP contribution in [0.3, 0.4) is 0 Å². The third-order valence-electron chi connectivity index (χ3n) is 5.38. The smallest absolute Gasteiger partial charge is 0.414 e. The third-order valence-corrected chi connectivity index (χ3v) is 5.69. The molecular weight excluding hydrogens is 439 g/mol. The Balaban J connectivity index is 1.55. The number of carbonyl (C=O) groups is 2. The van der Waals surface area contributed by atoms with Gasteiger partial charge < -0.3 is 29.3 Å². The van der Waals surface area contributed by atoms with Crippen LogP contribution in [0.15, 0.2) is 18.2 Å². The number of nitrogens with one attached hydrogen (secondary N) is 1. The molecule has 2 saturated heterocycles. The van der Waals surface area contributed by atoms with Crippen LogP contribution in [0.5, 0.6) is 0 Å². The number of carbonyl (C=O) groups excluding carboxylic acids is 2. The van der Waals surface area contributed by atoms with Crippen molar-refractivity contribution >= 4 is 41.0 Å². The lowest BCUT2D eigenvalue weighted by molar-refractivity contribution is 0.0989. The molecule has 2 aliphatic heterocycles. The van der Waals surface area contributed by atoms with E-state index >= 15 is 0 Å². The van der Waals surface area contributed by atoms with E-state index in [0.717, 1.165) is 12.8 Å². The molecule has 1 aromatic carbocycles. The fourth-order valence-electron chi connectivity index (χ4n) is 3.55. The zero-order valence-electron chi connectivity index (χ0n) is 18.3. The van der Waals surface area contributed by atoms with Gasteiger partial charge in [0.25, 0.3) is 5.17 Å². The Labute approximate surface area is 192 Å². The van der Waals surface area contributed by atoms with Gasteiger partial charge in [-0.1, -0.05) is 13.3 Å². The number of amides is 2. The number of cyclic esters (lactones) is 1. The molecule has 9 nitrogen and oxygen atoms in total. The maximum absolute atomic E-state index is 14.9. The summed E-state index contributed by atoms with van der Waals surface area (Å²) < 4.78 is 30.3. The molecule has 1 aromatic rings. The Morgan fingerprint density at radius 2 is 2.06 bits per heavy atom. The number of ether oxygens (including phenoxy) is 3. The topological polar surface area (TPSA) is 83.6 Å². The summed E-state index contributed by atoms with van der Waals surface area (Å²) in [7, 11) is 1.45. The van der Waals surface area contributed by atoms with Gasteiger partial charge in [-0.15, -0.1) is 0 Å². The van der Waals surface area contributed by atoms with Crippen molar-refractivity contribution in [2.24, 2.45) is 0 Å². The van der Waals surface area contributed by atoms with Gasteiger partial charge in [-0.2, -0.15) is 0 Å². The monoisotopic (exact) mass is 468 g/mol. The molecule has 1 atom stereocenters. The van der Waals surface area contributed by atoms with E-state index in [1.807, 2.05) is 11.8 Å². The van der Waals surface area contributed by atoms with Gasteiger partial charge in [0.2, 0.25) is 0 Å². The summed E-state index contributed by atoms with van der Waals surface area (Å²) in [5.41, 5.74) is 0.857. The van der Waals surface area contributed by atoms with Gasteiger partial charge in [-0.3, -0.25) is 4.90 Å². The first-order chi connectivity index (χ1) is 15.4. The van der Waals surface area contributed by atoms with Crippen molar-refractivity contribution in [3.63, 3.8) is 0 Å². The number of benzene rings is 1. The van der Waals surface area contributed by atoms with Crippen molar-refractivity contribution in [3.8, 4) is 0 Å². The van der Waals surface area contributed by atoms with Crippen molar-refractivity contribution in [2.75, 3.05) is 62.8 Å². The number of unbranched alkanes of at least 4 members (excludes halogenated alkanes) is 1. The van der Waals surface area contributed by atoms with Crippen LogP contribution >= 0.6 is 12.2 Å². The van der Waals surface area contributed by atoms with E-state index in [4.69, 9.17) is 26.4 Å². The largest absolute Gasteiger partial charge is 0.474 e. The predicted molar refractivity (Wildman–Crippen MR) is 122 cm³/mol. The SMILES string of the molecule is CCCCOC(=O)N1CCN(c2ccc(N3CC(CNC(=S)OC)OC3=O)cc2F)CC1. The second kappa shape index (κ2) is 11.2. The number of anilines is 2. The van der Waals surface area contributed by atoms with Crippen LogP contribution in [0.1, 0.15) is 19.8 Å². The van der Waals surface area contributed by atoms with Crippen molar-refractivity contribution in [1.82, 2.24) is 10.2 Å². The van der Waals surface area contributed by atoms with Gasteiger partial charge in [0.05, 0.1) is 38.2 Å². The lowest BCUT2D eigenvalue weighted by Gasteiger charge is -2.35. The molecule has 2 aliphatic rings. The van der Waals surface area contributed by atoms with Crippen LogP contribution in [-0.4, -0.2) is 81.4 Å². The first-order valence-electron chi connectivity index (χ1n) is 10.7. The van der Waals surface area contributed by atoms with Crippen molar-refractivity contribution in [3.05, 3.63) is 24.0 Å². The zero-order valence-corrected chi connectivity index (χ0v) is 19.2. The van der Waals surface area contributed by atoms with Gasteiger partial charge in [0.1, 0.15) is 11.9 Å². The molecule has 0 aliphatic carbocycles. The average molecular weight is 469 g/mol. The summed E-state index contributed by atoms with van der Waals surface area (Å²) in [6.45, 7) is 4.95. The molecule has 1 N–H and O–H groups in total. The molecule has 0 saturated carbocycles. The molecule has 2 fully saturated rings. The minimum Gasteiger partial charge on any atom is -0.474 e. The second-order valence-electron chi connectivity index (χ2n) is 7.57. The van der Waals surface area contributed by atoms with Crippen LogP contribution in [-0.2, 0) is 14.2 Å². The number of methoxy groups -OCH3 is 1. The lowest BCUT2D eigenvalue weighted by Crippen LogP contribution is -2.49. The van der Waals surface area contributed by atoms with Crippen LogP contribution in [0, 0.1) is 5.82 Å². The first kappa shape index (κ1) is 23.8.